The van der Waals surface area contributed by atoms with E-state index in [1.54, 1.807) is 12.7 Å². The Morgan fingerprint density at radius 3 is 2.52 bits per heavy atom. The minimum atomic E-state index is 0.566. The maximum absolute atomic E-state index is 3.86. The molecule has 2 aromatic rings. The molecular formula is C16H23N5. The highest BCUT2D eigenvalue weighted by atomic mass is 15.2. The van der Waals surface area contributed by atoms with Crippen LogP contribution >= 0.6 is 0 Å². The highest BCUT2D eigenvalue weighted by molar-refractivity contribution is 5.51. The van der Waals surface area contributed by atoms with Crippen LogP contribution < -0.4 is 5.32 Å². The highest BCUT2D eigenvalue weighted by Gasteiger charge is 2.20. The number of hydrogen-bond donors (Lipinski definition) is 1. The van der Waals surface area contributed by atoms with Crippen molar-refractivity contribution in [2.24, 2.45) is 0 Å². The van der Waals surface area contributed by atoms with Crippen LogP contribution in [-0.4, -0.2) is 44.8 Å². The van der Waals surface area contributed by atoms with Gasteiger partial charge in [-0.05, 0) is 44.9 Å². The number of nitrogens with one attached hydrogen (secondary N) is 1. The van der Waals surface area contributed by atoms with Crippen LogP contribution in [0.25, 0.3) is 5.69 Å². The van der Waals surface area contributed by atoms with Gasteiger partial charge in [0.1, 0.15) is 12.7 Å². The number of benzene rings is 1. The Morgan fingerprint density at radius 1 is 1.14 bits per heavy atom. The average Bonchev–Trinajstić information content (AvgIpc) is 3.02. The molecule has 0 aliphatic carbocycles. The second-order valence-corrected chi connectivity index (χ2v) is 5.97. The summed E-state index contributed by atoms with van der Waals surface area (Å²) >= 11 is 0. The molecule has 1 aliphatic heterocycles. The van der Waals surface area contributed by atoms with Crippen molar-refractivity contribution in [3.8, 4) is 5.69 Å². The first-order valence-corrected chi connectivity index (χ1v) is 7.68. The van der Waals surface area contributed by atoms with Crippen molar-refractivity contribution in [2.45, 2.75) is 38.8 Å². The number of nitrogens with zero attached hydrogens (tertiary/aromatic N) is 4. The van der Waals surface area contributed by atoms with Gasteiger partial charge < -0.3 is 10.2 Å². The van der Waals surface area contributed by atoms with Gasteiger partial charge in [-0.3, -0.25) is 4.57 Å². The van der Waals surface area contributed by atoms with Gasteiger partial charge in [0.15, 0.2) is 0 Å². The lowest BCUT2D eigenvalue weighted by Crippen LogP contribution is -2.42. The molecule has 1 N–H and O–H groups in total. The summed E-state index contributed by atoms with van der Waals surface area (Å²) in [5.41, 5.74) is 2.26. The third kappa shape index (κ3) is 3.42. The first-order valence-electron chi connectivity index (χ1n) is 7.68. The molecule has 21 heavy (non-hydrogen) atoms. The van der Waals surface area contributed by atoms with E-state index < -0.39 is 0 Å². The van der Waals surface area contributed by atoms with Crippen LogP contribution in [0.15, 0.2) is 36.9 Å². The van der Waals surface area contributed by atoms with Crippen LogP contribution in [0.1, 0.15) is 26.7 Å². The second-order valence-electron chi connectivity index (χ2n) is 5.97. The Labute approximate surface area is 126 Å². The Bertz CT molecular complexity index is 556. The molecule has 1 saturated heterocycles. The third-order valence-electron chi connectivity index (χ3n) is 4.19. The summed E-state index contributed by atoms with van der Waals surface area (Å²) in [6.45, 7) is 6.91. The topological polar surface area (TPSA) is 46.0 Å². The van der Waals surface area contributed by atoms with Crippen molar-refractivity contribution >= 4 is 5.69 Å². The minimum Gasteiger partial charge on any atom is -0.382 e. The van der Waals surface area contributed by atoms with Gasteiger partial charge in [-0.25, -0.2) is 0 Å². The van der Waals surface area contributed by atoms with Crippen molar-refractivity contribution in [3.63, 3.8) is 0 Å². The molecule has 5 nitrogen and oxygen atoms in total. The molecule has 0 unspecified atom stereocenters. The van der Waals surface area contributed by atoms with E-state index in [0.29, 0.717) is 12.1 Å². The molecule has 1 fully saturated rings. The van der Waals surface area contributed by atoms with Crippen molar-refractivity contribution in [3.05, 3.63) is 36.9 Å². The van der Waals surface area contributed by atoms with E-state index in [-0.39, 0.29) is 0 Å². The quantitative estimate of drug-likeness (QED) is 0.938. The van der Waals surface area contributed by atoms with E-state index in [4.69, 9.17) is 0 Å². The molecule has 0 saturated carbocycles. The van der Waals surface area contributed by atoms with E-state index in [1.807, 2.05) is 4.57 Å². The lowest BCUT2D eigenvalue weighted by Gasteiger charge is -2.35. The summed E-state index contributed by atoms with van der Waals surface area (Å²) in [5.74, 6) is 0. The maximum Gasteiger partial charge on any atom is 0.123 e. The normalized spacial score (nSPS) is 17.3. The second kappa shape index (κ2) is 6.26. The molecule has 1 aromatic carbocycles. The molecule has 0 radical (unpaired) electrons. The van der Waals surface area contributed by atoms with Gasteiger partial charge in [0.05, 0.1) is 5.69 Å². The average molecular weight is 285 g/mol. The van der Waals surface area contributed by atoms with Crippen molar-refractivity contribution in [1.82, 2.24) is 19.7 Å². The highest BCUT2D eigenvalue weighted by Crippen LogP contribution is 2.20. The van der Waals surface area contributed by atoms with E-state index in [0.717, 1.165) is 5.69 Å². The molecule has 3 rings (SSSR count). The molecule has 0 atom stereocenters. The number of likely N-dealkylation sites (tertiary alicyclic amines) is 1. The summed E-state index contributed by atoms with van der Waals surface area (Å²) in [5, 5.41) is 11.4. The fourth-order valence-corrected chi connectivity index (χ4v) is 2.89. The number of hydrogen-bond acceptors (Lipinski definition) is 4. The fraction of sp³-hybridized carbons (Fsp3) is 0.500. The maximum atomic E-state index is 3.86. The SMILES string of the molecule is CC(C)N1CCC(Nc2cccc(-n3cnnc3)c2)CC1. The number of piperidine rings is 1. The summed E-state index contributed by atoms with van der Waals surface area (Å²) in [6.07, 6.45) is 5.85. The Balaban J connectivity index is 1.62. The largest absolute Gasteiger partial charge is 0.382 e. The zero-order valence-electron chi connectivity index (χ0n) is 12.7. The number of rotatable bonds is 4. The van der Waals surface area contributed by atoms with Gasteiger partial charge in [-0.2, -0.15) is 0 Å². The predicted molar refractivity (Wildman–Crippen MR) is 84.7 cm³/mol. The van der Waals surface area contributed by atoms with Gasteiger partial charge in [-0.1, -0.05) is 6.07 Å². The molecule has 1 aliphatic rings. The summed E-state index contributed by atoms with van der Waals surface area (Å²) in [6, 6.07) is 9.64. The van der Waals surface area contributed by atoms with Crippen LogP contribution in [0, 0.1) is 0 Å². The molecule has 0 spiro atoms. The van der Waals surface area contributed by atoms with E-state index in [9.17, 15) is 0 Å². The van der Waals surface area contributed by atoms with Crippen LogP contribution in [-0.2, 0) is 0 Å². The Morgan fingerprint density at radius 2 is 1.86 bits per heavy atom. The summed E-state index contributed by atoms with van der Waals surface area (Å²) in [7, 11) is 0. The first-order chi connectivity index (χ1) is 10.2. The molecule has 0 bridgehead atoms. The third-order valence-corrected chi connectivity index (χ3v) is 4.19. The predicted octanol–water partition coefficient (Wildman–Crippen LogP) is 2.55. The fourth-order valence-electron chi connectivity index (χ4n) is 2.89. The van der Waals surface area contributed by atoms with Crippen LogP contribution in [0.2, 0.25) is 0 Å². The molecule has 5 heteroatoms. The van der Waals surface area contributed by atoms with E-state index >= 15 is 0 Å². The van der Waals surface area contributed by atoms with Gasteiger partial charge in [0.25, 0.3) is 0 Å². The smallest absolute Gasteiger partial charge is 0.123 e. The van der Waals surface area contributed by atoms with Gasteiger partial charge >= 0.3 is 0 Å². The zero-order chi connectivity index (χ0) is 14.7. The summed E-state index contributed by atoms with van der Waals surface area (Å²) in [4.78, 5) is 2.55. The van der Waals surface area contributed by atoms with Crippen molar-refractivity contribution < 1.29 is 0 Å². The Hall–Kier alpha value is -1.88. The monoisotopic (exact) mass is 285 g/mol. The molecule has 1 aromatic heterocycles. The standard InChI is InChI=1S/C16H23N5/c1-13(2)20-8-6-14(7-9-20)19-15-4-3-5-16(10-15)21-11-17-18-12-21/h3-5,10-14,19H,6-9H2,1-2H3. The molecular weight excluding hydrogens is 262 g/mol. The van der Waals surface area contributed by atoms with Crippen LogP contribution in [0.5, 0.6) is 0 Å². The van der Waals surface area contributed by atoms with Gasteiger partial charge in [0, 0.05) is 30.9 Å². The molecule has 112 valence electrons. The van der Waals surface area contributed by atoms with Crippen molar-refractivity contribution in [2.75, 3.05) is 18.4 Å². The lowest BCUT2D eigenvalue weighted by molar-refractivity contribution is 0.177. The number of anilines is 1. The van der Waals surface area contributed by atoms with Gasteiger partial charge in [-0.15, -0.1) is 10.2 Å². The molecule has 0 amide bonds. The van der Waals surface area contributed by atoms with Crippen LogP contribution in [0.3, 0.4) is 0 Å². The zero-order valence-corrected chi connectivity index (χ0v) is 12.7. The first kappa shape index (κ1) is 14.1. The van der Waals surface area contributed by atoms with Crippen molar-refractivity contribution in [1.29, 1.82) is 0 Å². The number of aromatic nitrogens is 3. The Kier molecular flexibility index (Phi) is 4.20. The van der Waals surface area contributed by atoms with E-state index in [1.165, 1.54) is 31.6 Å². The minimum absolute atomic E-state index is 0.566. The van der Waals surface area contributed by atoms with Gasteiger partial charge in [0.2, 0.25) is 0 Å². The van der Waals surface area contributed by atoms with E-state index in [2.05, 4.69) is 58.5 Å². The molecule has 2 heterocycles. The lowest BCUT2D eigenvalue weighted by atomic mass is 10.0. The summed E-state index contributed by atoms with van der Waals surface area (Å²) < 4.78 is 1.92. The van der Waals surface area contributed by atoms with Crippen LogP contribution in [0.4, 0.5) is 5.69 Å².